The molecule has 88 valence electrons. The predicted octanol–water partition coefficient (Wildman–Crippen LogP) is 1.72. The van der Waals surface area contributed by atoms with Gasteiger partial charge in [0, 0.05) is 25.0 Å². The number of amides is 1. The summed E-state index contributed by atoms with van der Waals surface area (Å²) >= 11 is 0. The first kappa shape index (κ1) is 11.0. The summed E-state index contributed by atoms with van der Waals surface area (Å²) in [5, 5.41) is 0. The largest absolute Gasteiger partial charge is 0.397 e. The summed E-state index contributed by atoms with van der Waals surface area (Å²) in [5.41, 5.74) is 6.80. The summed E-state index contributed by atoms with van der Waals surface area (Å²) < 4.78 is 0. The maximum absolute atomic E-state index is 12.1. The lowest BCUT2D eigenvalue weighted by molar-refractivity contribution is 0.0622. The number of carbonyl (C=O) groups excluding carboxylic acids is 1. The number of aromatic nitrogens is 1. The van der Waals surface area contributed by atoms with Crippen molar-refractivity contribution in [2.24, 2.45) is 11.8 Å². The first-order valence-electron chi connectivity index (χ1n) is 5.81. The second-order valence-electron chi connectivity index (χ2n) is 4.84. The summed E-state index contributed by atoms with van der Waals surface area (Å²) in [6, 6.07) is 1.70. The quantitative estimate of drug-likeness (QED) is 0.758. The predicted molar refractivity (Wildman–Crippen MR) is 64.1 cm³/mol. The SMILES string of the molecule is CC1CCN(C(=O)c2cc(N)c[nH]2)CC1C. The summed E-state index contributed by atoms with van der Waals surface area (Å²) in [4.78, 5) is 16.9. The minimum atomic E-state index is 0.0652. The number of hydrogen-bond donors (Lipinski definition) is 2. The molecular formula is C12H19N3O. The molecule has 2 atom stereocenters. The van der Waals surface area contributed by atoms with Gasteiger partial charge in [-0.1, -0.05) is 13.8 Å². The van der Waals surface area contributed by atoms with Crippen molar-refractivity contribution >= 4 is 11.6 Å². The zero-order valence-corrected chi connectivity index (χ0v) is 9.86. The molecule has 0 saturated carbocycles. The molecule has 0 radical (unpaired) electrons. The van der Waals surface area contributed by atoms with Gasteiger partial charge in [-0.15, -0.1) is 0 Å². The topological polar surface area (TPSA) is 62.1 Å². The normalized spacial score (nSPS) is 25.8. The first-order chi connectivity index (χ1) is 7.58. The van der Waals surface area contributed by atoms with Gasteiger partial charge in [-0.05, 0) is 24.3 Å². The van der Waals surface area contributed by atoms with E-state index in [1.165, 1.54) is 0 Å². The van der Waals surface area contributed by atoms with Crippen LogP contribution in [0, 0.1) is 11.8 Å². The van der Waals surface area contributed by atoms with E-state index in [1.807, 2.05) is 4.90 Å². The van der Waals surface area contributed by atoms with Gasteiger partial charge in [0.2, 0.25) is 0 Å². The number of nitrogens with two attached hydrogens (primary N) is 1. The van der Waals surface area contributed by atoms with Crippen molar-refractivity contribution in [3.63, 3.8) is 0 Å². The van der Waals surface area contributed by atoms with Gasteiger partial charge in [0.15, 0.2) is 0 Å². The molecule has 1 fully saturated rings. The Hall–Kier alpha value is -1.45. The van der Waals surface area contributed by atoms with Gasteiger partial charge in [-0.2, -0.15) is 0 Å². The number of nitrogens with one attached hydrogen (secondary N) is 1. The monoisotopic (exact) mass is 221 g/mol. The van der Waals surface area contributed by atoms with Crippen LogP contribution in [-0.4, -0.2) is 28.9 Å². The van der Waals surface area contributed by atoms with Gasteiger partial charge in [0.05, 0.1) is 0 Å². The maximum Gasteiger partial charge on any atom is 0.270 e. The number of nitrogen functional groups attached to an aromatic ring is 1. The Balaban J connectivity index is 2.06. The molecular weight excluding hydrogens is 202 g/mol. The molecule has 0 aliphatic carbocycles. The van der Waals surface area contributed by atoms with Gasteiger partial charge in [0.25, 0.3) is 5.91 Å². The molecule has 3 N–H and O–H groups in total. The molecule has 0 spiro atoms. The Morgan fingerprint density at radius 3 is 2.81 bits per heavy atom. The Labute approximate surface area is 95.8 Å². The van der Waals surface area contributed by atoms with Crippen molar-refractivity contribution in [1.29, 1.82) is 0 Å². The van der Waals surface area contributed by atoms with Gasteiger partial charge in [-0.25, -0.2) is 0 Å². The molecule has 2 rings (SSSR count). The lowest BCUT2D eigenvalue weighted by Gasteiger charge is -2.35. The van der Waals surface area contributed by atoms with Crippen LogP contribution in [0.5, 0.6) is 0 Å². The molecule has 1 aliphatic rings. The molecule has 0 bridgehead atoms. The Bertz CT molecular complexity index is 385. The molecule has 1 saturated heterocycles. The average molecular weight is 221 g/mol. The Kier molecular flexibility index (Phi) is 2.90. The zero-order chi connectivity index (χ0) is 11.7. The van der Waals surface area contributed by atoms with Crippen molar-refractivity contribution < 1.29 is 4.79 Å². The highest BCUT2D eigenvalue weighted by atomic mass is 16.2. The summed E-state index contributed by atoms with van der Waals surface area (Å²) in [7, 11) is 0. The first-order valence-corrected chi connectivity index (χ1v) is 5.81. The van der Waals surface area contributed by atoms with E-state index < -0.39 is 0 Å². The summed E-state index contributed by atoms with van der Waals surface area (Å²) in [5.74, 6) is 1.35. The van der Waals surface area contributed by atoms with Crippen LogP contribution in [0.15, 0.2) is 12.3 Å². The molecule has 1 aromatic heterocycles. The molecule has 4 heteroatoms. The summed E-state index contributed by atoms with van der Waals surface area (Å²) in [6.07, 6.45) is 2.74. The second kappa shape index (κ2) is 4.20. The van der Waals surface area contributed by atoms with Gasteiger partial charge >= 0.3 is 0 Å². The van der Waals surface area contributed by atoms with E-state index in [0.717, 1.165) is 19.5 Å². The molecule has 2 heterocycles. The number of likely N-dealkylation sites (tertiary alicyclic amines) is 1. The van der Waals surface area contributed by atoms with Crippen LogP contribution in [0.1, 0.15) is 30.8 Å². The number of H-pyrrole nitrogens is 1. The van der Waals surface area contributed by atoms with Crippen molar-refractivity contribution in [3.8, 4) is 0 Å². The van der Waals surface area contributed by atoms with Crippen LogP contribution >= 0.6 is 0 Å². The number of rotatable bonds is 1. The number of carbonyl (C=O) groups is 1. The second-order valence-corrected chi connectivity index (χ2v) is 4.84. The van der Waals surface area contributed by atoms with Crippen LogP contribution in [-0.2, 0) is 0 Å². The fourth-order valence-corrected chi connectivity index (χ4v) is 2.15. The molecule has 16 heavy (non-hydrogen) atoms. The Morgan fingerprint density at radius 2 is 2.25 bits per heavy atom. The fourth-order valence-electron chi connectivity index (χ4n) is 2.15. The summed E-state index contributed by atoms with van der Waals surface area (Å²) in [6.45, 7) is 6.15. The minimum Gasteiger partial charge on any atom is -0.397 e. The number of piperidine rings is 1. The minimum absolute atomic E-state index is 0.0652. The maximum atomic E-state index is 12.1. The zero-order valence-electron chi connectivity index (χ0n) is 9.86. The Morgan fingerprint density at radius 1 is 1.50 bits per heavy atom. The van der Waals surface area contributed by atoms with Crippen LogP contribution < -0.4 is 5.73 Å². The van der Waals surface area contributed by atoms with Gasteiger partial charge in [-0.3, -0.25) is 4.79 Å². The third-order valence-electron chi connectivity index (χ3n) is 3.56. The molecule has 0 aromatic carbocycles. The van der Waals surface area contributed by atoms with E-state index in [4.69, 9.17) is 5.73 Å². The number of aromatic amines is 1. The van der Waals surface area contributed by atoms with Crippen molar-refractivity contribution in [3.05, 3.63) is 18.0 Å². The van der Waals surface area contributed by atoms with Crippen LogP contribution in [0.4, 0.5) is 5.69 Å². The van der Waals surface area contributed by atoms with E-state index in [0.29, 0.717) is 23.2 Å². The molecule has 4 nitrogen and oxygen atoms in total. The average Bonchev–Trinajstić information content (AvgIpc) is 2.68. The van der Waals surface area contributed by atoms with Gasteiger partial charge in [0.1, 0.15) is 5.69 Å². The smallest absolute Gasteiger partial charge is 0.270 e. The molecule has 1 aliphatic heterocycles. The van der Waals surface area contributed by atoms with E-state index in [-0.39, 0.29) is 5.91 Å². The van der Waals surface area contributed by atoms with Crippen LogP contribution in [0.3, 0.4) is 0 Å². The van der Waals surface area contributed by atoms with Crippen molar-refractivity contribution in [2.75, 3.05) is 18.8 Å². The molecule has 2 unspecified atom stereocenters. The van der Waals surface area contributed by atoms with Crippen molar-refractivity contribution in [2.45, 2.75) is 20.3 Å². The molecule has 1 aromatic rings. The lowest BCUT2D eigenvalue weighted by atomic mass is 9.88. The van der Waals surface area contributed by atoms with E-state index in [2.05, 4.69) is 18.8 Å². The third-order valence-corrected chi connectivity index (χ3v) is 3.56. The van der Waals surface area contributed by atoms with Gasteiger partial charge < -0.3 is 15.6 Å². The van der Waals surface area contributed by atoms with E-state index in [1.54, 1.807) is 12.3 Å². The highest BCUT2D eigenvalue weighted by Gasteiger charge is 2.26. The lowest BCUT2D eigenvalue weighted by Crippen LogP contribution is -2.42. The van der Waals surface area contributed by atoms with Crippen LogP contribution in [0.2, 0.25) is 0 Å². The fraction of sp³-hybridized carbons (Fsp3) is 0.583. The van der Waals surface area contributed by atoms with E-state index >= 15 is 0 Å². The van der Waals surface area contributed by atoms with Crippen molar-refractivity contribution in [1.82, 2.24) is 9.88 Å². The highest BCUT2D eigenvalue weighted by molar-refractivity contribution is 5.93. The standard InChI is InChI=1S/C12H19N3O/c1-8-3-4-15(7-9(8)2)12(16)11-5-10(13)6-14-11/h5-6,8-9,14H,3-4,7,13H2,1-2H3. The number of nitrogens with zero attached hydrogens (tertiary/aromatic N) is 1. The number of anilines is 1. The van der Waals surface area contributed by atoms with E-state index in [9.17, 15) is 4.79 Å². The highest BCUT2D eigenvalue weighted by Crippen LogP contribution is 2.23. The third kappa shape index (κ3) is 2.05. The van der Waals surface area contributed by atoms with Crippen LogP contribution in [0.25, 0.3) is 0 Å². The molecule has 1 amide bonds. The number of hydrogen-bond acceptors (Lipinski definition) is 2.